The zero-order chi connectivity index (χ0) is 22.4. The number of nitrogens with zero attached hydrogens (tertiary/aromatic N) is 8. The SMILES string of the molecule is CCn1c(-c2ccncc2)nc2c(N3CCOCC3)nc(-n3ncc4cc(C)ccc43)nc21. The number of aromatic nitrogens is 7. The van der Waals surface area contributed by atoms with Gasteiger partial charge in [-0.1, -0.05) is 11.6 Å². The van der Waals surface area contributed by atoms with Crippen LogP contribution in [0.3, 0.4) is 0 Å². The average Bonchev–Trinajstić information content (AvgIpc) is 3.45. The van der Waals surface area contributed by atoms with Gasteiger partial charge in [0, 0.05) is 43.0 Å². The van der Waals surface area contributed by atoms with Gasteiger partial charge in [0.2, 0.25) is 0 Å². The number of rotatable bonds is 4. The molecule has 0 saturated carbocycles. The van der Waals surface area contributed by atoms with E-state index in [9.17, 15) is 0 Å². The highest BCUT2D eigenvalue weighted by atomic mass is 16.5. The molecular formula is C24H24N8O. The van der Waals surface area contributed by atoms with Gasteiger partial charge in [-0.25, -0.2) is 4.98 Å². The summed E-state index contributed by atoms with van der Waals surface area (Å²) in [5.41, 5.74) is 4.76. The number of benzene rings is 1. The third kappa shape index (κ3) is 3.32. The van der Waals surface area contributed by atoms with E-state index in [1.807, 2.05) is 23.0 Å². The molecule has 0 radical (unpaired) electrons. The summed E-state index contributed by atoms with van der Waals surface area (Å²) in [6, 6.07) is 10.2. The molecule has 0 N–H and O–H groups in total. The number of pyridine rings is 1. The van der Waals surface area contributed by atoms with Crippen molar-refractivity contribution in [3.63, 3.8) is 0 Å². The maximum Gasteiger partial charge on any atom is 0.255 e. The van der Waals surface area contributed by atoms with E-state index in [4.69, 9.17) is 19.7 Å². The van der Waals surface area contributed by atoms with E-state index in [0.717, 1.165) is 58.9 Å². The van der Waals surface area contributed by atoms with Crippen LogP contribution in [-0.2, 0) is 11.3 Å². The van der Waals surface area contributed by atoms with Gasteiger partial charge in [0.25, 0.3) is 5.95 Å². The predicted octanol–water partition coefficient (Wildman–Crippen LogP) is 3.39. The van der Waals surface area contributed by atoms with Gasteiger partial charge in [-0.3, -0.25) is 4.98 Å². The third-order valence-corrected chi connectivity index (χ3v) is 6.04. The lowest BCUT2D eigenvalue weighted by Gasteiger charge is -2.28. The highest BCUT2D eigenvalue weighted by Crippen LogP contribution is 2.31. The van der Waals surface area contributed by atoms with Crippen molar-refractivity contribution in [2.45, 2.75) is 20.4 Å². The summed E-state index contributed by atoms with van der Waals surface area (Å²) in [5, 5.41) is 5.69. The van der Waals surface area contributed by atoms with Crippen molar-refractivity contribution in [1.29, 1.82) is 0 Å². The van der Waals surface area contributed by atoms with Gasteiger partial charge in [-0.2, -0.15) is 19.7 Å². The third-order valence-electron chi connectivity index (χ3n) is 6.04. The molecule has 1 aromatic carbocycles. The number of hydrogen-bond acceptors (Lipinski definition) is 7. The minimum absolute atomic E-state index is 0.540. The van der Waals surface area contributed by atoms with Crippen LogP contribution in [0.25, 0.3) is 39.4 Å². The summed E-state index contributed by atoms with van der Waals surface area (Å²) in [4.78, 5) is 21.4. The zero-order valence-corrected chi connectivity index (χ0v) is 18.6. The van der Waals surface area contributed by atoms with E-state index in [1.165, 1.54) is 5.56 Å². The van der Waals surface area contributed by atoms with Crippen molar-refractivity contribution in [3.05, 3.63) is 54.5 Å². The second kappa shape index (κ2) is 7.93. The number of imidazole rings is 1. The van der Waals surface area contributed by atoms with Gasteiger partial charge in [0.05, 0.1) is 24.9 Å². The van der Waals surface area contributed by atoms with E-state index in [0.29, 0.717) is 19.2 Å². The van der Waals surface area contributed by atoms with Crippen LogP contribution in [0.2, 0.25) is 0 Å². The van der Waals surface area contributed by atoms with Crippen molar-refractivity contribution < 1.29 is 4.74 Å². The normalized spacial score (nSPS) is 14.4. The topological polar surface area (TPSA) is 86.8 Å². The number of aryl methyl sites for hydroxylation is 2. The van der Waals surface area contributed by atoms with Crippen molar-refractivity contribution in [3.8, 4) is 17.3 Å². The van der Waals surface area contributed by atoms with Gasteiger partial charge in [-0.05, 0) is 38.1 Å². The predicted molar refractivity (Wildman–Crippen MR) is 127 cm³/mol. The van der Waals surface area contributed by atoms with Crippen LogP contribution in [0, 0.1) is 6.92 Å². The van der Waals surface area contributed by atoms with Crippen LogP contribution >= 0.6 is 0 Å². The monoisotopic (exact) mass is 440 g/mol. The van der Waals surface area contributed by atoms with Gasteiger partial charge >= 0.3 is 0 Å². The van der Waals surface area contributed by atoms with Crippen molar-refractivity contribution in [1.82, 2.24) is 34.3 Å². The largest absolute Gasteiger partial charge is 0.378 e. The first-order valence-electron chi connectivity index (χ1n) is 11.2. The zero-order valence-electron chi connectivity index (χ0n) is 18.6. The molecule has 9 nitrogen and oxygen atoms in total. The molecule has 6 rings (SSSR count). The molecule has 1 fully saturated rings. The Morgan fingerprint density at radius 3 is 2.61 bits per heavy atom. The molecular weight excluding hydrogens is 416 g/mol. The fourth-order valence-electron chi connectivity index (χ4n) is 4.40. The fraction of sp³-hybridized carbons (Fsp3) is 0.292. The van der Waals surface area contributed by atoms with Gasteiger partial charge in [-0.15, -0.1) is 0 Å². The molecule has 1 aliphatic rings. The molecule has 4 aromatic heterocycles. The highest BCUT2D eigenvalue weighted by Gasteiger charge is 2.24. The molecule has 33 heavy (non-hydrogen) atoms. The average molecular weight is 441 g/mol. The fourth-order valence-corrected chi connectivity index (χ4v) is 4.40. The van der Waals surface area contributed by atoms with Crippen LogP contribution < -0.4 is 4.90 Å². The minimum Gasteiger partial charge on any atom is -0.378 e. The Morgan fingerprint density at radius 1 is 1.00 bits per heavy atom. The van der Waals surface area contributed by atoms with Crippen LogP contribution in [0.5, 0.6) is 0 Å². The van der Waals surface area contributed by atoms with Crippen LogP contribution in [0.4, 0.5) is 5.82 Å². The van der Waals surface area contributed by atoms with Crippen LogP contribution in [-0.4, -0.2) is 60.6 Å². The Kier molecular flexibility index (Phi) is 4.76. The Hall–Kier alpha value is -3.85. The van der Waals surface area contributed by atoms with Crippen molar-refractivity contribution >= 4 is 27.9 Å². The van der Waals surface area contributed by atoms with Gasteiger partial charge in [0.1, 0.15) is 5.82 Å². The molecule has 0 unspecified atom stereocenters. The lowest BCUT2D eigenvalue weighted by atomic mass is 10.2. The lowest BCUT2D eigenvalue weighted by molar-refractivity contribution is 0.122. The number of morpholine rings is 1. The maximum absolute atomic E-state index is 5.59. The Morgan fingerprint density at radius 2 is 1.82 bits per heavy atom. The first-order valence-corrected chi connectivity index (χ1v) is 11.2. The van der Waals surface area contributed by atoms with Crippen molar-refractivity contribution in [2.24, 2.45) is 0 Å². The first kappa shape index (κ1) is 19.8. The van der Waals surface area contributed by atoms with Gasteiger partial charge < -0.3 is 14.2 Å². The summed E-state index contributed by atoms with van der Waals surface area (Å²) in [5.74, 6) is 2.21. The quantitative estimate of drug-likeness (QED) is 0.423. The number of ether oxygens (including phenoxy) is 1. The molecule has 0 amide bonds. The molecule has 1 aliphatic heterocycles. The second-order valence-corrected chi connectivity index (χ2v) is 8.15. The summed E-state index contributed by atoms with van der Waals surface area (Å²) >= 11 is 0. The summed E-state index contributed by atoms with van der Waals surface area (Å²) in [6.45, 7) is 7.76. The summed E-state index contributed by atoms with van der Waals surface area (Å²) in [6.07, 6.45) is 5.43. The molecule has 5 heterocycles. The smallest absolute Gasteiger partial charge is 0.255 e. The van der Waals surface area contributed by atoms with E-state index in [2.05, 4.69) is 51.6 Å². The second-order valence-electron chi connectivity index (χ2n) is 8.15. The molecule has 1 saturated heterocycles. The molecule has 0 atom stereocenters. The van der Waals surface area contributed by atoms with E-state index < -0.39 is 0 Å². The van der Waals surface area contributed by atoms with E-state index in [-0.39, 0.29) is 0 Å². The summed E-state index contributed by atoms with van der Waals surface area (Å²) in [7, 11) is 0. The molecule has 0 spiro atoms. The number of fused-ring (bicyclic) bond motifs is 2. The molecule has 0 bridgehead atoms. The Bertz CT molecular complexity index is 1450. The number of anilines is 1. The van der Waals surface area contributed by atoms with Gasteiger partial charge in [0.15, 0.2) is 17.0 Å². The standard InChI is InChI=1S/C24H24N8O/c1-3-31-21(17-6-8-25-9-7-17)27-20-22(30-10-12-33-13-11-30)28-24(29-23(20)31)32-19-5-4-16(2)14-18(19)15-26-32/h4-9,14-15H,3,10-13H2,1-2H3. The van der Waals surface area contributed by atoms with Crippen LogP contribution in [0.15, 0.2) is 48.9 Å². The maximum atomic E-state index is 5.59. The summed E-state index contributed by atoms with van der Waals surface area (Å²) < 4.78 is 9.54. The Balaban J connectivity index is 1.62. The van der Waals surface area contributed by atoms with E-state index >= 15 is 0 Å². The van der Waals surface area contributed by atoms with Crippen LogP contribution in [0.1, 0.15) is 12.5 Å². The number of hydrogen-bond donors (Lipinski definition) is 0. The molecule has 9 heteroatoms. The molecule has 0 aliphatic carbocycles. The molecule has 166 valence electrons. The van der Waals surface area contributed by atoms with Crippen molar-refractivity contribution in [2.75, 3.05) is 31.2 Å². The first-order chi connectivity index (χ1) is 16.2. The lowest BCUT2D eigenvalue weighted by Crippen LogP contribution is -2.37. The van der Waals surface area contributed by atoms with E-state index in [1.54, 1.807) is 12.4 Å². The molecule has 5 aromatic rings. The minimum atomic E-state index is 0.540. The Labute approximate surface area is 190 Å². The highest BCUT2D eigenvalue weighted by molar-refractivity contribution is 5.88.